The van der Waals surface area contributed by atoms with Crippen LogP contribution < -0.4 is 15.0 Å². The largest absolute Gasteiger partial charge is 0.479 e. The molecule has 3 aromatic rings. The lowest BCUT2D eigenvalue weighted by Gasteiger charge is -2.19. The summed E-state index contributed by atoms with van der Waals surface area (Å²) in [4.78, 5) is 26.7. The second-order valence-electron chi connectivity index (χ2n) is 7.52. The number of aliphatic hydroxyl groups excluding tert-OH is 1. The van der Waals surface area contributed by atoms with Crippen LogP contribution in [-0.2, 0) is 9.59 Å². The third kappa shape index (κ3) is 4.35. The van der Waals surface area contributed by atoms with Crippen molar-refractivity contribution in [2.24, 2.45) is 0 Å². The molecule has 0 atom stereocenters. The van der Waals surface area contributed by atoms with E-state index in [0.717, 1.165) is 23.4 Å². The van der Waals surface area contributed by atoms with Crippen molar-refractivity contribution in [3.63, 3.8) is 0 Å². The van der Waals surface area contributed by atoms with Gasteiger partial charge in [0.15, 0.2) is 12.0 Å². The number of hydrogen-bond acceptors (Lipinski definition) is 7. The Kier molecular flexibility index (Phi) is 6.48. The molecule has 0 spiro atoms. The van der Waals surface area contributed by atoms with Crippen molar-refractivity contribution < 1.29 is 24.0 Å². The summed E-state index contributed by atoms with van der Waals surface area (Å²) in [5, 5.41) is 16.0. The van der Waals surface area contributed by atoms with Crippen LogP contribution in [0, 0.1) is 0 Å². The van der Waals surface area contributed by atoms with E-state index in [9.17, 15) is 9.59 Å². The molecule has 9 heteroatoms. The number of halogens is 1. The van der Waals surface area contributed by atoms with Crippen molar-refractivity contribution in [1.82, 2.24) is 5.16 Å². The normalized spacial score (nSPS) is 14.0. The molecule has 0 saturated carbocycles. The number of anilines is 2. The van der Waals surface area contributed by atoms with E-state index in [0.29, 0.717) is 29.0 Å². The quantitative estimate of drug-likeness (QED) is 0.382. The minimum atomic E-state index is -0.434. The first-order chi connectivity index (χ1) is 16.0. The van der Waals surface area contributed by atoms with E-state index in [1.165, 1.54) is 13.2 Å². The van der Waals surface area contributed by atoms with Gasteiger partial charge >= 0.3 is 0 Å². The first-order valence-electron chi connectivity index (χ1n) is 10.2. The molecule has 2 aromatic carbocycles. The monoisotopic (exact) mass is 467 g/mol. The molecule has 1 aliphatic rings. The number of benzene rings is 2. The Morgan fingerprint density at radius 1 is 1.24 bits per heavy atom. The molecule has 33 heavy (non-hydrogen) atoms. The van der Waals surface area contributed by atoms with Gasteiger partial charge in [0, 0.05) is 43.1 Å². The number of methoxy groups -OCH3 is 1. The van der Waals surface area contributed by atoms with E-state index in [1.54, 1.807) is 12.1 Å². The fraction of sp³-hybridized carbons (Fsp3) is 0.208. The van der Waals surface area contributed by atoms with E-state index in [1.807, 2.05) is 31.3 Å². The maximum atomic E-state index is 12.8. The van der Waals surface area contributed by atoms with E-state index >= 15 is 0 Å². The van der Waals surface area contributed by atoms with Crippen LogP contribution in [0.3, 0.4) is 0 Å². The highest BCUT2D eigenvalue weighted by molar-refractivity contribution is 6.43. The van der Waals surface area contributed by atoms with Gasteiger partial charge in [-0.2, -0.15) is 0 Å². The number of aromatic nitrogens is 1. The van der Waals surface area contributed by atoms with Crippen molar-refractivity contribution >= 4 is 46.3 Å². The van der Waals surface area contributed by atoms with E-state index < -0.39 is 5.91 Å². The highest BCUT2D eigenvalue weighted by Gasteiger charge is 2.31. The van der Waals surface area contributed by atoms with Gasteiger partial charge in [0.05, 0.1) is 29.0 Å². The number of fused-ring (bicyclic) bond motifs is 1. The third-order valence-corrected chi connectivity index (χ3v) is 5.79. The van der Waals surface area contributed by atoms with Crippen LogP contribution in [-0.4, -0.2) is 49.8 Å². The zero-order chi connectivity index (χ0) is 23.5. The molecule has 170 valence electrons. The Hall–Kier alpha value is -3.62. The lowest BCUT2D eigenvalue weighted by molar-refractivity contribution is -0.111. The van der Waals surface area contributed by atoms with Crippen LogP contribution in [0.4, 0.5) is 11.4 Å². The zero-order valence-electron chi connectivity index (χ0n) is 18.1. The van der Waals surface area contributed by atoms with Crippen molar-refractivity contribution in [2.45, 2.75) is 6.42 Å². The molecule has 0 unspecified atom stereocenters. The molecule has 2 heterocycles. The Bertz CT molecular complexity index is 1230. The maximum Gasteiger partial charge on any atom is 0.257 e. The van der Waals surface area contributed by atoms with Crippen LogP contribution in [0.25, 0.3) is 22.3 Å². The smallest absolute Gasteiger partial charge is 0.257 e. The van der Waals surface area contributed by atoms with Crippen LogP contribution >= 0.6 is 11.6 Å². The van der Waals surface area contributed by atoms with Gasteiger partial charge in [0.2, 0.25) is 0 Å². The van der Waals surface area contributed by atoms with Crippen LogP contribution in [0.15, 0.2) is 47.0 Å². The Labute approximate surface area is 195 Å². The van der Waals surface area contributed by atoms with Crippen molar-refractivity contribution in [2.75, 3.05) is 37.5 Å². The van der Waals surface area contributed by atoms with Gasteiger partial charge in [-0.15, -0.1) is 0 Å². The lowest BCUT2D eigenvalue weighted by Crippen LogP contribution is -2.19. The van der Waals surface area contributed by atoms with Crippen LogP contribution in [0.5, 0.6) is 5.88 Å². The fourth-order valence-corrected chi connectivity index (χ4v) is 4.01. The molecule has 8 nitrogen and oxygen atoms in total. The minimum Gasteiger partial charge on any atom is -0.479 e. The van der Waals surface area contributed by atoms with Gasteiger partial charge in [0.25, 0.3) is 11.8 Å². The molecular formula is C24H22ClN3O5. The number of amides is 1. The number of aliphatic hydroxyl groups is 1. The number of nitrogens with one attached hydrogen (secondary N) is 1. The van der Waals surface area contributed by atoms with Crippen molar-refractivity contribution in [3.8, 4) is 17.0 Å². The van der Waals surface area contributed by atoms with E-state index in [-0.39, 0.29) is 29.4 Å². The average Bonchev–Trinajstić information content (AvgIpc) is 3.42. The Balaban J connectivity index is 1.76. The molecule has 2 N–H and O–H groups in total. The molecule has 0 radical (unpaired) electrons. The standard InChI is InChI=1S/C24H22ClN3O5/c1-28(8-3-9-29)15-6-4-14(5-7-15)16-10-17-20(11-19(16)25)26-24(31)23(17)18(13-30)21-12-22(32-2)27-33-21/h4-7,10-13,29H,3,8-9H2,1-2H3,(H,26,31)/b23-18-. The Morgan fingerprint density at radius 2 is 2.00 bits per heavy atom. The second-order valence-corrected chi connectivity index (χ2v) is 7.92. The first kappa shape index (κ1) is 22.6. The summed E-state index contributed by atoms with van der Waals surface area (Å²) in [5.74, 6) is -0.104. The minimum absolute atomic E-state index is 0.0659. The number of carbonyl (C=O) groups excluding carboxylic acids is 2. The van der Waals surface area contributed by atoms with Gasteiger partial charge in [-0.25, -0.2) is 0 Å². The molecule has 1 aromatic heterocycles. The fourth-order valence-electron chi connectivity index (χ4n) is 3.73. The number of ether oxygens (including phenoxy) is 1. The van der Waals surface area contributed by atoms with Gasteiger partial charge in [-0.1, -0.05) is 23.7 Å². The molecule has 1 amide bonds. The number of aldehydes is 1. The topological polar surface area (TPSA) is 105 Å². The SMILES string of the molecule is COc1cc(/C(C=O)=C2\C(=O)Nc3cc(Cl)c(-c4ccc(N(C)CCCO)cc4)cc32)on1. The summed E-state index contributed by atoms with van der Waals surface area (Å²) >= 11 is 6.54. The molecule has 0 saturated heterocycles. The van der Waals surface area contributed by atoms with Crippen molar-refractivity contribution in [3.05, 3.63) is 58.8 Å². The highest BCUT2D eigenvalue weighted by atomic mass is 35.5. The number of carbonyl (C=O) groups is 2. The molecule has 4 rings (SSSR count). The first-order valence-corrected chi connectivity index (χ1v) is 10.6. The predicted octanol–water partition coefficient (Wildman–Crippen LogP) is 3.88. The van der Waals surface area contributed by atoms with Gasteiger partial charge in [-0.3, -0.25) is 9.59 Å². The molecular weight excluding hydrogens is 446 g/mol. The van der Waals surface area contributed by atoms with Crippen LogP contribution in [0.1, 0.15) is 17.7 Å². The maximum absolute atomic E-state index is 12.8. The zero-order valence-corrected chi connectivity index (χ0v) is 18.8. The van der Waals surface area contributed by atoms with Gasteiger partial charge in [0.1, 0.15) is 0 Å². The summed E-state index contributed by atoms with van der Waals surface area (Å²) in [6.45, 7) is 0.873. The van der Waals surface area contributed by atoms with Gasteiger partial charge in [-0.05, 0) is 41.4 Å². The number of hydrogen-bond donors (Lipinski definition) is 2. The van der Waals surface area contributed by atoms with Gasteiger partial charge < -0.3 is 24.6 Å². The molecule has 1 aliphatic heterocycles. The van der Waals surface area contributed by atoms with Crippen LogP contribution in [0.2, 0.25) is 5.02 Å². The van der Waals surface area contributed by atoms with E-state index in [2.05, 4.69) is 15.4 Å². The number of nitrogens with zero attached hydrogens (tertiary/aromatic N) is 2. The van der Waals surface area contributed by atoms with Crippen molar-refractivity contribution in [1.29, 1.82) is 0 Å². The second kappa shape index (κ2) is 9.48. The third-order valence-electron chi connectivity index (χ3n) is 5.47. The average molecular weight is 468 g/mol. The highest BCUT2D eigenvalue weighted by Crippen LogP contribution is 2.42. The summed E-state index contributed by atoms with van der Waals surface area (Å²) in [7, 11) is 3.39. The molecule has 0 aliphatic carbocycles. The Morgan fingerprint density at radius 3 is 2.64 bits per heavy atom. The summed E-state index contributed by atoms with van der Waals surface area (Å²) < 4.78 is 10.2. The summed E-state index contributed by atoms with van der Waals surface area (Å²) in [6.07, 6.45) is 1.25. The predicted molar refractivity (Wildman–Crippen MR) is 126 cm³/mol. The number of rotatable bonds is 8. The molecule has 0 fully saturated rings. The molecule has 0 bridgehead atoms. The lowest BCUT2D eigenvalue weighted by atomic mass is 9.96. The number of allylic oxidation sites excluding steroid dienone is 1. The summed E-state index contributed by atoms with van der Waals surface area (Å²) in [5.41, 5.74) is 3.87. The van der Waals surface area contributed by atoms with E-state index in [4.69, 9.17) is 26.0 Å². The summed E-state index contributed by atoms with van der Waals surface area (Å²) in [6, 6.07) is 12.7.